The smallest absolute Gasteiger partial charge is 0.257 e. The molecule has 0 aliphatic rings. The first kappa shape index (κ1) is 12.2. The van der Waals surface area contributed by atoms with Crippen LogP contribution in [0, 0.1) is 5.82 Å². The Labute approximate surface area is 92.4 Å². The molecule has 0 unspecified atom stereocenters. The molecule has 1 N–H and O–H groups in total. The molecule has 0 bridgehead atoms. The van der Waals surface area contributed by atoms with Crippen molar-refractivity contribution in [2.24, 2.45) is 0 Å². The highest BCUT2D eigenvalue weighted by Crippen LogP contribution is 2.20. The molecule has 16 heavy (non-hydrogen) atoms. The van der Waals surface area contributed by atoms with E-state index in [4.69, 9.17) is 4.74 Å². The first-order valence-corrected chi connectivity index (χ1v) is 4.68. The summed E-state index contributed by atoms with van der Waals surface area (Å²) in [4.78, 5) is 22.1. The fourth-order valence-electron chi connectivity index (χ4n) is 1.12. The fourth-order valence-corrected chi connectivity index (χ4v) is 1.12. The van der Waals surface area contributed by atoms with E-state index in [2.05, 4.69) is 5.32 Å². The maximum Gasteiger partial charge on any atom is 0.257 e. The van der Waals surface area contributed by atoms with Crippen molar-refractivity contribution in [2.45, 2.75) is 6.92 Å². The zero-order valence-corrected chi connectivity index (χ0v) is 9.04. The minimum absolute atomic E-state index is 0.129. The van der Waals surface area contributed by atoms with Crippen molar-refractivity contribution in [3.63, 3.8) is 0 Å². The second-order valence-corrected chi connectivity index (χ2v) is 3.16. The van der Waals surface area contributed by atoms with E-state index in [9.17, 15) is 14.0 Å². The van der Waals surface area contributed by atoms with Gasteiger partial charge < -0.3 is 10.1 Å². The van der Waals surface area contributed by atoms with E-state index >= 15 is 0 Å². The summed E-state index contributed by atoms with van der Waals surface area (Å²) in [5.41, 5.74) is 0.129. The Morgan fingerprint density at radius 1 is 1.44 bits per heavy atom. The number of ether oxygens (including phenoxy) is 1. The third kappa shape index (κ3) is 3.05. The number of hydrogen-bond donors (Lipinski definition) is 1. The van der Waals surface area contributed by atoms with Crippen LogP contribution in [0.25, 0.3) is 0 Å². The lowest BCUT2D eigenvalue weighted by atomic mass is 10.1. The molecule has 0 aliphatic heterocycles. The van der Waals surface area contributed by atoms with Crippen molar-refractivity contribution in [3.05, 3.63) is 29.6 Å². The number of carbonyl (C=O) groups excluding carboxylic acids is 2. The van der Waals surface area contributed by atoms with Gasteiger partial charge in [-0.05, 0) is 25.1 Å². The van der Waals surface area contributed by atoms with E-state index in [1.807, 2.05) is 0 Å². The van der Waals surface area contributed by atoms with Gasteiger partial charge in [0.15, 0.2) is 12.4 Å². The van der Waals surface area contributed by atoms with Gasteiger partial charge in [-0.25, -0.2) is 4.39 Å². The molecule has 0 atom stereocenters. The first-order valence-electron chi connectivity index (χ1n) is 4.68. The third-order valence-electron chi connectivity index (χ3n) is 1.96. The molecule has 0 fully saturated rings. The summed E-state index contributed by atoms with van der Waals surface area (Å²) in [5, 5.41) is 2.37. The standard InChI is InChI=1S/C11H12FNO3/c1-7(14)9-5-8(12)3-4-10(9)16-6-11(15)13-2/h3-5H,6H2,1-2H3,(H,13,15). The van der Waals surface area contributed by atoms with Gasteiger partial charge in [0.1, 0.15) is 11.6 Å². The minimum atomic E-state index is -0.516. The number of hydrogen-bond acceptors (Lipinski definition) is 3. The summed E-state index contributed by atoms with van der Waals surface area (Å²) in [7, 11) is 1.47. The molecule has 4 nitrogen and oxygen atoms in total. The van der Waals surface area contributed by atoms with E-state index in [1.54, 1.807) is 0 Å². The number of amides is 1. The van der Waals surface area contributed by atoms with E-state index in [0.717, 1.165) is 6.07 Å². The third-order valence-corrected chi connectivity index (χ3v) is 1.96. The molecule has 1 rings (SSSR count). The van der Waals surface area contributed by atoms with E-state index in [1.165, 1.54) is 26.1 Å². The molecule has 5 heteroatoms. The molecule has 0 aromatic heterocycles. The van der Waals surface area contributed by atoms with Gasteiger partial charge in [0.2, 0.25) is 0 Å². The Morgan fingerprint density at radius 3 is 2.69 bits per heavy atom. The Bertz CT molecular complexity index is 418. The Balaban J connectivity index is 2.87. The van der Waals surface area contributed by atoms with Gasteiger partial charge in [0.05, 0.1) is 5.56 Å². The van der Waals surface area contributed by atoms with Crippen molar-refractivity contribution in [1.29, 1.82) is 0 Å². The van der Waals surface area contributed by atoms with Crippen LogP contribution in [-0.4, -0.2) is 25.3 Å². The van der Waals surface area contributed by atoms with Crippen LogP contribution < -0.4 is 10.1 Å². The van der Waals surface area contributed by atoms with Crippen LogP contribution >= 0.6 is 0 Å². The van der Waals surface area contributed by atoms with Gasteiger partial charge in [-0.15, -0.1) is 0 Å². The van der Waals surface area contributed by atoms with Crippen LogP contribution in [-0.2, 0) is 4.79 Å². The quantitative estimate of drug-likeness (QED) is 0.782. The normalized spacial score (nSPS) is 9.69. The van der Waals surface area contributed by atoms with Crippen molar-refractivity contribution >= 4 is 11.7 Å². The van der Waals surface area contributed by atoms with Gasteiger partial charge in [0.25, 0.3) is 5.91 Å². The molecule has 1 aromatic carbocycles. The summed E-state index contributed by atoms with van der Waals surface area (Å²) in [6.07, 6.45) is 0. The Morgan fingerprint density at radius 2 is 2.12 bits per heavy atom. The summed E-state index contributed by atoms with van der Waals surface area (Å²) < 4.78 is 18.0. The SMILES string of the molecule is CNC(=O)COc1ccc(F)cc1C(C)=O. The maximum absolute atomic E-state index is 12.9. The van der Waals surface area contributed by atoms with Gasteiger partial charge in [0, 0.05) is 7.05 Å². The topological polar surface area (TPSA) is 55.4 Å². The summed E-state index contributed by atoms with van der Waals surface area (Å²) in [6.45, 7) is 1.10. The minimum Gasteiger partial charge on any atom is -0.483 e. The lowest BCUT2D eigenvalue weighted by molar-refractivity contribution is -0.122. The van der Waals surface area contributed by atoms with E-state index < -0.39 is 5.82 Å². The lowest BCUT2D eigenvalue weighted by Crippen LogP contribution is -2.25. The zero-order chi connectivity index (χ0) is 12.1. The second kappa shape index (κ2) is 5.25. The van der Waals surface area contributed by atoms with Gasteiger partial charge in [-0.2, -0.15) is 0 Å². The number of halogens is 1. The monoisotopic (exact) mass is 225 g/mol. The van der Waals surface area contributed by atoms with E-state index in [0.29, 0.717) is 0 Å². The fraction of sp³-hybridized carbons (Fsp3) is 0.273. The molecule has 0 spiro atoms. The van der Waals surface area contributed by atoms with Crippen molar-refractivity contribution in [3.8, 4) is 5.75 Å². The summed E-state index contributed by atoms with van der Waals surface area (Å²) >= 11 is 0. The molecule has 1 aromatic rings. The molecular weight excluding hydrogens is 213 g/mol. The molecule has 0 radical (unpaired) electrons. The van der Waals surface area contributed by atoms with Crippen LogP contribution in [0.15, 0.2) is 18.2 Å². The van der Waals surface area contributed by atoms with Gasteiger partial charge >= 0.3 is 0 Å². The highest BCUT2D eigenvalue weighted by molar-refractivity contribution is 5.96. The lowest BCUT2D eigenvalue weighted by Gasteiger charge is -2.08. The number of ketones is 1. The summed E-state index contributed by atoms with van der Waals surface area (Å²) in [6, 6.07) is 3.59. The predicted octanol–water partition coefficient (Wildman–Crippen LogP) is 1.15. The predicted molar refractivity (Wildman–Crippen MR) is 56.0 cm³/mol. The number of nitrogens with one attached hydrogen (secondary N) is 1. The van der Waals surface area contributed by atoms with Crippen LogP contribution in [0.3, 0.4) is 0 Å². The van der Waals surface area contributed by atoms with Crippen LogP contribution in [0.4, 0.5) is 4.39 Å². The molecular formula is C11H12FNO3. The largest absolute Gasteiger partial charge is 0.483 e. The average molecular weight is 225 g/mol. The van der Waals surface area contributed by atoms with Crippen molar-refractivity contribution in [1.82, 2.24) is 5.32 Å². The number of Topliss-reactive ketones (excluding diaryl/α,β-unsaturated/α-hetero) is 1. The van der Waals surface area contributed by atoms with E-state index in [-0.39, 0.29) is 29.6 Å². The summed E-state index contributed by atoms with van der Waals surface area (Å²) in [5.74, 6) is -0.944. The average Bonchev–Trinajstić information content (AvgIpc) is 2.26. The number of likely N-dealkylation sites (N-methyl/N-ethyl adjacent to an activating group) is 1. The number of benzene rings is 1. The van der Waals surface area contributed by atoms with Gasteiger partial charge in [-0.3, -0.25) is 9.59 Å². The van der Waals surface area contributed by atoms with Crippen molar-refractivity contribution < 1.29 is 18.7 Å². The molecule has 86 valence electrons. The van der Waals surface area contributed by atoms with Crippen LogP contribution in [0.2, 0.25) is 0 Å². The maximum atomic E-state index is 12.9. The van der Waals surface area contributed by atoms with Crippen LogP contribution in [0.1, 0.15) is 17.3 Å². The Hall–Kier alpha value is -1.91. The molecule has 0 saturated heterocycles. The highest BCUT2D eigenvalue weighted by atomic mass is 19.1. The molecule has 0 heterocycles. The highest BCUT2D eigenvalue weighted by Gasteiger charge is 2.10. The molecule has 0 saturated carbocycles. The van der Waals surface area contributed by atoms with Gasteiger partial charge in [-0.1, -0.05) is 0 Å². The Kier molecular flexibility index (Phi) is 3.99. The second-order valence-electron chi connectivity index (χ2n) is 3.16. The zero-order valence-electron chi connectivity index (χ0n) is 9.04. The van der Waals surface area contributed by atoms with Crippen molar-refractivity contribution in [2.75, 3.05) is 13.7 Å². The van der Waals surface area contributed by atoms with Crippen LogP contribution in [0.5, 0.6) is 5.75 Å². The first-order chi connectivity index (χ1) is 7.54. The molecule has 1 amide bonds. The number of rotatable bonds is 4. The number of carbonyl (C=O) groups is 2. The molecule has 0 aliphatic carbocycles.